The third-order valence-electron chi connectivity index (χ3n) is 2.11. The van der Waals surface area contributed by atoms with Crippen LogP contribution in [0, 0.1) is 0 Å². The number of nitrogens with one attached hydrogen (secondary N) is 1. The Labute approximate surface area is 129 Å². The third kappa shape index (κ3) is 5.21. The lowest BCUT2D eigenvalue weighted by molar-refractivity contribution is -0.142. The summed E-state index contributed by atoms with van der Waals surface area (Å²) in [7, 11) is -3.64. The van der Waals surface area contributed by atoms with Crippen molar-refractivity contribution in [3.05, 3.63) is 27.1 Å². The molecule has 0 fully saturated rings. The van der Waals surface area contributed by atoms with Gasteiger partial charge in [-0.2, -0.15) is 0 Å². The second-order valence-electron chi connectivity index (χ2n) is 3.53. The zero-order chi connectivity index (χ0) is 14.5. The standard InChI is InChI=1S/C11H13Br2NO4S/c1-2-18-11(15)5-6-14-19(16,17)10-4-3-8(12)7-9(10)13/h3-4,7,14H,2,5-6H2,1H3. The fourth-order valence-electron chi connectivity index (χ4n) is 1.29. The Balaban J connectivity index is 2.68. The average Bonchev–Trinajstić information content (AvgIpc) is 2.28. The number of ether oxygens (including phenoxy) is 1. The number of carbonyl (C=O) groups excluding carboxylic acids is 1. The van der Waals surface area contributed by atoms with Gasteiger partial charge in [-0.05, 0) is 41.1 Å². The molecule has 5 nitrogen and oxygen atoms in total. The topological polar surface area (TPSA) is 72.5 Å². The highest BCUT2D eigenvalue weighted by Gasteiger charge is 2.17. The molecule has 0 unspecified atom stereocenters. The summed E-state index contributed by atoms with van der Waals surface area (Å²) >= 11 is 6.43. The van der Waals surface area contributed by atoms with Crippen molar-refractivity contribution in [2.24, 2.45) is 0 Å². The van der Waals surface area contributed by atoms with Crippen LogP contribution in [0.2, 0.25) is 0 Å². The molecule has 1 rings (SSSR count). The molecular formula is C11H13Br2NO4S. The Hall–Kier alpha value is -0.440. The van der Waals surface area contributed by atoms with Crippen molar-refractivity contribution in [2.45, 2.75) is 18.2 Å². The first kappa shape index (κ1) is 16.6. The van der Waals surface area contributed by atoms with E-state index in [0.29, 0.717) is 4.47 Å². The van der Waals surface area contributed by atoms with Gasteiger partial charge >= 0.3 is 5.97 Å². The summed E-state index contributed by atoms with van der Waals surface area (Å²) in [6.07, 6.45) is 0.00121. The van der Waals surface area contributed by atoms with Crippen molar-refractivity contribution in [1.82, 2.24) is 4.72 Å². The minimum atomic E-state index is -3.64. The van der Waals surface area contributed by atoms with Crippen molar-refractivity contribution in [2.75, 3.05) is 13.2 Å². The molecule has 0 aliphatic heterocycles. The molecule has 0 bridgehead atoms. The Bertz CT molecular complexity index is 560. The Morgan fingerprint density at radius 2 is 2.05 bits per heavy atom. The van der Waals surface area contributed by atoms with Crippen LogP contribution in [0.5, 0.6) is 0 Å². The summed E-state index contributed by atoms with van der Waals surface area (Å²) in [5, 5.41) is 0. The van der Waals surface area contributed by atoms with Gasteiger partial charge in [0.15, 0.2) is 0 Å². The lowest BCUT2D eigenvalue weighted by Crippen LogP contribution is -2.27. The predicted octanol–water partition coefficient (Wildman–Crippen LogP) is 2.44. The normalized spacial score (nSPS) is 11.3. The molecule has 0 radical (unpaired) electrons. The van der Waals surface area contributed by atoms with Crippen molar-refractivity contribution < 1.29 is 17.9 Å². The van der Waals surface area contributed by atoms with Crippen LogP contribution >= 0.6 is 31.9 Å². The zero-order valence-electron chi connectivity index (χ0n) is 10.2. The maximum atomic E-state index is 12.0. The van der Waals surface area contributed by atoms with Crippen LogP contribution in [0.15, 0.2) is 32.0 Å². The van der Waals surface area contributed by atoms with Gasteiger partial charge in [0.25, 0.3) is 0 Å². The van der Waals surface area contributed by atoms with Gasteiger partial charge in [0.05, 0.1) is 17.9 Å². The molecule has 0 saturated carbocycles. The largest absolute Gasteiger partial charge is 0.466 e. The SMILES string of the molecule is CCOC(=O)CCNS(=O)(=O)c1ccc(Br)cc1Br. The van der Waals surface area contributed by atoms with Crippen LogP contribution in [0.3, 0.4) is 0 Å². The molecule has 0 spiro atoms. The monoisotopic (exact) mass is 413 g/mol. The first-order valence-electron chi connectivity index (χ1n) is 5.47. The maximum absolute atomic E-state index is 12.0. The van der Waals surface area contributed by atoms with E-state index in [1.165, 1.54) is 6.07 Å². The number of rotatable bonds is 6. The van der Waals surface area contributed by atoms with E-state index in [-0.39, 0.29) is 24.5 Å². The molecule has 8 heteroatoms. The maximum Gasteiger partial charge on any atom is 0.307 e. The van der Waals surface area contributed by atoms with E-state index < -0.39 is 16.0 Å². The summed E-state index contributed by atoms with van der Waals surface area (Å²) in [6, 6.07) is 4.74. The fraction of sp³-hybridized carbons (Fsp3) is 0.364. The van der Waals surface area contributed by atoms with Crippen LogP contribution < -0.4 is 4.72 Å². The average molecular weight is 415 g/mol. The highest BCUT2D eigenvalue weighted by Crippen LogP contribution is 2.25. The summed E-state index contributed by atoms with van der Waals surface area (Å²) in [4.78, 5) is 11.2. The van der Waals surface area contributed by atoms with Crippen molar-refractivity contribution in [1.29, 1.82) is 0 Å². The van der Waals surface area contributed by atoms with E-state index in [4.69, 9.17) is 4.74 Å². The molecule has 0 heterocycles. The second kappa shape index (κ2) is 7.37. The first-order chi connectivity index (χ1) is 8.86. The van der Waals surface area contributed by atoms with Crippen molar-refractivity contribution in [3.63, 3.8) is 0 Å². The van der Waals surface area contributed by atoms with E-state index in [0.717, 1.165) is 4.47 Å². The molecule has 0 aromatic heterocycles. The molecule has 1 aromatic rings. The van der Waals surface area contributed by atoms with Gasteiger partial charge in [-0.3, -0.25) is 4.79 Å². The summed E-state index contributed by atoms with van der Waals surface area (Å²) in [6.45, 7) is 1.98. The number of halogens is 2. The molecule has 19 heavy (non-hydrogen) atoms. The quantitative estimate of drug-likeness (QED) is 0.725. The summed E-state index contributed by atoms with van der Waals surface area (Å²) < 4.78 is 32.3. The first-order valence-corrected chi connectivity index (χ1v) is 8.54. The summed E-state index contributed by atoms with van der Waals surface area (Å²) in [5.74, 6) is -0.430. The van der Waals surface area contributed by atoms with Gasteiger partial charge in [-0.15, -0.1) is 0 Å². The number of hydrogen-bond donors (Lipinski definition) is 1. The fourth-order valence-corrected chi connectivity index (χ4v) is 4.07. The molecule has 0 saturated heterocycles. The van der Waals surface area contributed by atoms with Crippen LogP contribution in [-0.4, -0.2) is 27.5 Å². The Morgan fingerprint density at radius 3 is 2.63 bits per heavy atom. The Morgan fingerprint density at radius 1 is 1.37 bits per heavy atom. The van der Waals surface area contributed by atoms with Crippen LogP contribution in [-0.2, 0) is 19.6 Å². The highest BCUT2D eigenvalue weighted by atomic mass is 79.9. The molecular weight excluding hydrogens is 402 g/mol. The van der Waals surface area contributed by atoms with E-state index in [9.17, 15) is 13.2 Å². The van der Waals surface area contributed by atoms with E-state index in [2.05, 4.69) is 36.6 Å². The van der Waals surface area contributed by atoms with Gasteiger partial charge in [0.2, 0.25) is 10.0 Å². The van der Waals surface area contributed by atoms with Crippen LogP contribution in [0.1, 0.15) is 13.3 Å². The summed E-state index contributed by atoms with van der Waals surface area (Å²) in [5.41, 5.74) is 0. The molecule has 0 atom stereocenters. The van der Waals surface area contributed by atoms with Gasteiger partial charge in [0.1, 0.15) is 0 Å². The Kier molecular flexibility index (Phi) is 6.45. The molecule has 0 aliphatic rings. The lowest BCUT2D eigenvalue weighted by atomic mass is 10.4. The van der Waals surface area contributed by atoms with E-state index >= 15 is 0 Å². The third-order valence-corrected chi connectivity index (χ3v) is 5.04. The van der Waals surface area contributed by atoms with Gasteiger partial charge in [0, 0.05) is 15.5 Å². The number of carbonyl (C=O) groups is 1. The molecule has 0 amide bonds. The van der Waals surface area contributed by atoms with Gasteiger partial charge in [-0.25, -0.2) is 13.1 Å². The number of sulfonamides is 1. The van der Waals surface area contributed by atoms with Crippen LogP contribution in [0.25, 0.3) is 0 Å². The number of esters is 1. The van der Waals surface area contributed by atoms with Crippen molar-refractivity contribution in [3.8, 4) is 0 Å². The van der Waals surface area contributed by atoms with E-state index in [1.807, 2.05) is 0 Å². The lowest BCUT2D eigenvalue weighted by Gasteiger charge is -2.08. The van der Waals surface area contributed by atoms with Gasteiger partial charge < -0.3 is 4.74 Å². The van der Waals surface area contributed by atoms with Gasteiger partial charge in [-0.1, -0.05) is 15.9 Å². The zero-order valence-corrected chi connectivity index (χ0v) is 14.1. The van der Waals surface area contributed by atoms with Crippen molar-refractivity contribution >= 4 is 47.9 Å². The smallest absolute Gasteiger partial charge is 0.307 e. The molecule has 1 N–H and O–H groups in total. The highest BCUT2D eigenvalue weighted by molar-refractivity contribution is 9.11. The number of hydrogen-bond acceptors (Lipinski definition) is 4. The predicted molar refractivity (Wildman–Crippen MR) is 78.3 cm³/mol. The van der Waals surface area contributed by atoms with E-state index in [1.54, 1.807) is 19.1 Å². The molecule has 1 aromatic carbocycles. The number of benzene rings is 1. The minimum Gasteiger partial charge on any atom is -0.466 e. The van der Waals surface area contributed by atoms with Crippen LogP contribution in [0.4, 0.5) is 0 Å². The second-order valence-corrected chi connectivity index (χ2v) is 7.03. The minimum absolute atomic E-state index is 0.00121. The molecule has 106 valence electrons. The molecule has 0 aliphatic carbocycles.